The summed E-state index contributed by atoms with van der Waals surface area (Å²) in [5.74, 6) is 0.849. The molecule has 0 unspecified atom stereocenters. The quantitative estimate of drug-likeness (QED) is 0.373. The number of nitrogens with one attached hydrogen (secondary N) is 2. The van der Waals surface area contributed by atoms with Gasteiger partial charge in [0.2, 0.25) is 0 Å². The van der Waals surface area contributed by atoms with Gasteiger partial charge in [-0.3, -0.25) is 0 Å². The maximum atomic E-state index is 5.97. The second-order valence-corrected chi connectivity index (χ2v) is 7.51. The van der Waals surface area contributed by atoms with Crippen LogP contribution in [0, 0.1) is 0 Å². The van der Waals surface area contributed by atoms with Crippen LogP contribution < -0.4 is 10.6 Å². The Morgan fingerprint density at radius 1 is 1.15 bits per heavy atom. The molecule has 1 aromatic carbocycles. The van der Waals surface area contributed by atoms with E-state index in [1.165, 1.54) is 11.1 Å². The fourth-order valence-electron chi connectivity index (χ4n) is 2.63. The first-order valence-electron chi connectivity index (χ1n) is 9.30. The molecule has 5 nitrogen and oxygen atoms in total. The zero-order valence-corrected chi connectivity index (χ0v) is 18.8. The Morgan fingerprint density at radius 2 is 1.77 bits per heavy atom. The van der Waals surface area contributed by atoms with Crippen LogP contribution in [0.3, 0.4) is 0 Å². The Balaban J connectivity index is 0.00000338. The summed E-state index contributed by atoms with van der Waals surface area (Å²) in [7, 11) is 0. The molecule has 0 spiro atoms. The minimum Gasteiger partial charge on any atom is -0.381 e. The lowest BCUT2D eigenvalue weighted by Crippen LogP contribution is -2.47. The molecule has 2 N–H and O–H groups in total. The van der Waals surface area contributed by atoms with Crippen LogP contribution in [-0.2, 0) is 22.6 Å². The van der Waals surface area contributed by atoms with Crippen molar-refractivity contribution in [2.24, 2.45) is 4.99 Å². The van der Waals surface area contributed by atoms with Gasteiger partial charge < -0.3 is 20.1 Å². The standard InChI is InChI=1S/C20H33N3O2.HI/c1-5-21-19(23-20(2,3)4)22-14-16-6-8-17(9-7-16)15-25-18-10-12-24-13-11-18;/h6-9,18H,5,10-15H2,1-4H3,(H2,21,22,23);1H. The van der Waals surface area contributed by atoms with E-state index in [4.69, 9.17) is 9.47 Å². The first-order valence-corrected chi connectivity index (χ1v) is 9.30. The molecule has 0 bridgehead atoms. The molecule has 1 saturated heterocycles. The van der Waals surface area contributed by atoms with Crippen molar-refractivity contribution < 1.29 is 9.47 Å². The number of hydrogen-bond donors (Lipinski definition) is 2. The van der Waals surface area contributed by atoms with E-state index in [0.29, 0.717) is 19.3 Å². The summed E-state index contributed by atoms with van der Waals surface area (Å²) in [4.78, 5) is 4.67. The Hall–Kier alpha value is -0.860. The molecule has 0 saturated carbocycles. The number of rotatable bonds is 6. The number of nitrogens with zero attached hydrogens (tertiary/aromatic N) is 1. The lowest BCUT2D eigenvalue weighted by Gasteiger charge is -2.23. The Kier molecular flexibility index (Phi) is 10.5. The Labute approximate surface area is 175 Å². The predicted octanol–water partition coefficient (Wildman–Crippen LogP) is 3.85. The third-order valence-electron chi connectivity index (χ3n) is 3.93. The molecule has 6 heteroatoms. The second-order valence-electron chi connectivity index (χ2n) is 7.51. The summed E-state index contributed by atoms with van der Waals surface area (Å²) in [6, 6.07) is 8.53. The van der Waals surface area contributed by atoms with Gasteiger partial charge in [0.1, 0.15) is 0 Å². The van der Waals surface area contributed by atoms with Crippen molar-refractivity contribution >= 4 is 29.9 Å². The van der Waals surface area contributed by atoms with Crippen molar-refractivity contribution in [1.29, 1.82) is 0 Å². The molecule has 1 aromatic rings. The van der Waals surface area contributed by atoms with E-state index in [0.717, 1.165) is 38.6 Å². The topological polar surface area (TPSA) is 54.9 Å². The first kappa shape index (κ1) is 23.2. The lowest BCUT2D eigenvalue weighted by molar-refractivity contribution is -0.0390. The van der Waals surface area contributed by atoms with Crippen LogP contribution in [0.5, 0.6) is 0 Å². The maximum absolute atomic E-state index is 5.97. The van der Waals surface area contributed by atoms with Gasteiger partial charge in [-0.25, -0.2) is 4.99 Å². The third-order valence-corrected chi connectivity index (χ3v) is 3.93. The predicted molar refractivity (Wildman–Crippen MR) is 118 cm³/mol. The van der Waals surface area contributed by atoms with Gasteiger partial charge in [-0.2, -0.15) is 0 Å². The average Bonchev–Trinajstić information content (AvgIpc) is 2.59. The summed E-state index contributed by atoms with van der Waals surface area (Å²) >= 11 is 0. The highest BCUT2D eigenvalue weighted by Gasteiger charge is 2.14. The summed E-state index contributed by atoms with van der Waals surface area (Å²) in [5, 5.41) is 6.69. The molecule has 0 radical (unpaired) electrons. The zero-order valence-electron chi connectivity index (χ0n) is 16.5. The van der Waals surface area contributed by atoms with Crippen LogP contribution in [0.25, 0.3) is 0 Å². The van der Waals surface area contributed by atoms with Crippen molar-refractivity contribution in [3.8, 4) is 0 Å². The van der Waals surface area contributed by atoms with Crippen molar-refractivity contribution in [2.45, 2.75) is 65.3 Å². The van der Waals surface area contributed by atoms with E-state index in [2.05, 4.69) is 67.6 Å². The molecule has 0 amide bonds. The fraction of sp³-hybridized carbons (Fsp3) is 0.650. The summed E-state index contributed by atoms with van der Waals surface area (Å²) in [6.07, 6.45) is 2.34. The molecular weight excluding hydrogens is 441 g/mol. The highest BCUT2D eigenvalue weighted by molar-refractivity contribution is 14.0. The van der Waals surface area contributed by atoms with Crippen molar-refractivity contribution in [1.82, 2.24) is 10.6 Å². The van der Waals surface area contributed by atoms with Gasteiger partial charge in [0.05, 0.1) is 19.3 Å². The molecule has 26 heavy (non-hydrogen) atoms. The van der Waals surface area contributed by atoms with Crippen LogP contribution in [0.2, 0.25) is 0 Å². The normalized spacial score (nSPS) is 16.1. The smallest absolute Gasteiger partial charge is 0.191 e. The van der Waals surface area contributed by atoms with Crippen LogP contribution >= 0.6 is 24.0 Å². The molecule has 1 fully saturated rings. The molecule has 1 aliphatic rings. The van der Waals surface area contributed by atoms with E-state index in [1.54, 1.807) is 0 Å². The third kappa shape index (κ3) is 9.19. The summed E-state index contributed by atoms with van der Waals surface area (Å²) < 4.78 is 11.3. The van der Waals surface area contributed by atoms with E-state index in [-0.39, 0.29) is 29.5 Å². The minimum absolute atomic E-state index is 0. The van der Waals surface area contributed by atoms with Crippen LogP contribution in [0.15, 0.2) is 29.3 Å². The molecule has 0 aliphatic carbocycles. The maximum Gasteiger partial charge on any atom is 0.191 e. The van der Waals surface area contributed by atoms with Crippen LogP contribution in [0.4, 0.5) is 0 Å². The molecule has 1 heterocycles. The van der Waals surface area contributed by atoms with E-state index in [9.17, 15) is 0 Å². The SMILES string of the molecule is CCNC(=NCc1ccc(COC2CCOCC2)cc1)NC(C)(C)C.I. The number of hydrogen-bond acceptors (Lipinski definition) is 3. The highest BCUT2D eigenvalue weighted by Crippen LogP contribution is 2.14. The van der Waals surface area contributed by atoms with Crippen molar-refractivity contribution in [2.75, 3.05) is 19.8 Å². The minimum atomic E-state index is -0.00758. The van der Waals surface area contributed by atoms with Gasteiger partial charge >= 0.3 is 0 Å². The molecule has 2 rings (SSSR count). The fourth-order valence-corrected chi connectivity index (χ4v) is 2.63. The molecule has 148 valence electrons. The van der Waals surface area contributed by atoms with Gasteiger partial charge in [-0.1, -0.05) is 24.3 Å². The van der Waals surface area contributed by atoms with Gasteiger partial charge in [0, 0.05) is 25.3 Å². The molecule has 1 aliphatic heterocycles. The first-order chi connectivity index (χ1) is 12.0. The Bertz CT molecular complexity index is 535. The van der Waals surface area contributed by atoms with Crippen LogP contribution in [-0.4, -0.2) is 37.4 Å². The molecular formula is C20H34IN3O2. The average molecular weight is 475 g/mol. The van der Waals surface area contributed by atoms with E-state index < -0.39 is 0 Å². The zero-order chi connectivity index (χ0) is 18.1. The number of benzene rings is 1. The summed E-state index contributed by atoms with van der Waals surface area (Å²) in [5.41, 5.74) is 2.40. The monoisotopic (exact) mass is 475 g/mol. The molecule has 0 aromatic heterocycles. The van der Waals surface area contributed by atoms with Gasteiger partial charge in [0.25, 0.3) is 0 Å². The summed E-state index contributed by atoms with van der Waals surface area (Å²) in [6.45, 7) is 12.3. The van der Waals surface area contributed by atoms with E-state index >= 15 is 0 Å². The second kappa shape index (κ2) is 11.8. The molecule has 0 atom stereocenters. The number of halogens is 1. The van der Waals surface area contributed by atoms with E-state index in [1.807, 2.05) is 0 Å². The lowest BCUT2D eigenvalue weighted by atomic mass is 10.1. The highest BCUT2D eigenvalue weighted by atomic mass is 127. The number of ether oxygens (including phenoxy) is 2. The van der Waals surface area contributed by atoms with Crippen molar-refractivity contribution in [3.63, 3.8) is 0 Å². The van der Waals surface area contributed by atoms with Crippen LogP contribution in [0.1, 0.15) is 51.7 Å². The van der Waals surface area contributed by atoms with Gasteiger partial charge in [0.15, 0.2) is 5.96 Å². The largest absolute Gasteiger partial charge is 0.381 e. The van der Waals surface area contributed by atoms with Gasteiger partial charge in [-0.05, 0) is 51.7 Å². The van der Waals surface area contributed by atoms with Crippen molar-refractivity contribution in [3.05, 3.63) is 35.4 Å². The number of guanidine groups is 1. The Morgan fingerprint density at radius 3 is 2.35 bits per heavy atom. The van der Waals surface area contributed by atoms with Gasteiger partial charge in [-0.15, -0.1) is 24.0 Å². The number of aliphatic imine (C=N–C) groups is 1.